The molecule has 0 radical (unpaired) electrons. The molecule has 2 saturated heterocycles. The number of hydrogen-bond acceptors (Lipinski definition) is 6. The second-order valence-corrected chi connectivity index (χ2v) is 5.37. The molecule has 7 heteroatoms. The monoisotopic (exact) mass is 292 g/mol. The minimum Gasteiger partial charge on any atom is -0.465 e. The lowest BCUT2D eigenvalue weighted by Gasteiger charge is -2.26. The number of nitrogens with zero attached hydrogens (tertiary/aromatic N) is 2. The van der Waals surface area contributed by atoms with Crippen molar-refractivity contribution in [3.05, 3.63) is 39.4 Å². The van der Waals surface area contributed by atoms with Crippen LogP contribution >= 0.6 is 0 Å². The zero-order valence-electron chi connectivity index (χ0n) is 11.7. The van der Waals surface area contributed by atoms with Crippen molar-refractivity contribution in [1.82, 2.24) is 4.90 Å². The summed E-state index contributed by atoms with van der Waals surface area (Å²) in [5.41, 5.74) is 0.644. The van der Waals surface area contributed by atoms with Crippen LogP contribution in [0, 0.1) is 10.1 Å². The van der Waals surface area contributed by atoms with Crippen LogP contribution in [-0.4, -0.2) is 48.2 Å². The number of carbonyl (C=O) groups is 1. The van der Waals surface area contributed by atoms with Crippen LogP contribution in [0.4, 0.5) is 5.69 Å². The van der Waals surface area contributed by atoms with Gasteiger partial charge in [-0.05, 0) is 18.1 Å². The minimum atomic E-state index is -0.685. The van der Waals surface area contributed by atoms with Crippen LogP contribution in [-0.2, 0) is 16.0 Å². The summed E-state index contributed by atoms with van der Waals surface area (Å²) < 4.78 is 10.2. The van der Waals surface area contributed by atoms with Gasteiger partial charge in [0.1, 0.15) is 5.56 Å². The molecule has 2 aliphatic rings. The molecule has 2 unspecified atom stereocenters. The molecule has 2 fully saturated rings. The van der Waals surface area contributed by atoms with E-state index >= 15 is 0 Å². The smallest absolute Gasteiger partial charge is 0.344 e. The van der Waals surface area contributed by atoms with Gasteiger partial charge in [-0.25, -0.2) is 4.79 Å². The number of morpholine rings is 1. The van der Waals surface area contributed by atoms with Gasteiger partial charge in [-0.15, -0.1) is 0 Å². The number of fused-ring (bicyclic) bond motifs is 2. The largest absolute Gasteiger partial charge is 0.465 e. The molecule has 0 saturated carbocycles. The van der Waals surface area contributed by atoms with E-state index in [1.54, 1.807) is 12.1 Å². The maximum atomic E-state index is 11.7. The van der Waals surface area contributed by atoms with E-state index in [0.29, 0.717) is 18.7 Å². The predicted octanol–water partition coefficient (Wildman–Crippen LogP) is 1.35. The van der Waals surface area contributed by atoms with Crippen LogP contribution in [0.15, 0.2) is 18.2 Å². The number of esters is 1. The van der Waals surface area contributed by atoms with E-state index in [9.17, 15) is 14.9 Å². The van der Waals surface area contributed by atoms with E-state index in [1.807, 2.05) is 0 Å². The maximum absolute atomic E-state index is 11.7. The highest BCUT2D eigenvalue weighted by molar-refractivity contribution is 5.94. The molecule has 0 aliphatic carbocycles. The number of benzene rings is 1. The van der Waals surface area contributed by atoms with Crippen LogP contribution in [0.1, 0.15) is 22.3 Å². The molecule has 3 rings (SSSR count). The molecule has 112 valence electrons. The third-order valence-electron chi connectivity index (χ3n) is 4.06. The van der Waals surface area contributed by atoms with Crippen molar-refractivity contribution in [2.45, 2.75) is 25.1 Å². The summed E-state index contributed by atoms with van der Waals surface area (Å²) in [5, 5.41) is 11.0. The van der Waals surface area contributed by atoms with Crippen molar-refractivity contribution in [1.29, 1.82) is 0 Å². The topological polar surface area (TPSA) is 81.9 Å². The molecule has 2 aliphatic heterocycles. The summed E-state index contributed by atoms with van der Waals surface area (Å²) in [5.74, 6) is -0.685. The van der Waals surface area contributed by atoms with Gasteiger partial charge >= 0.3 is 5.97 Å². The molecule has 7 nitrogen and oxygen atoms in total. The third-order valence-corrected chi connectivity index (χ3v) is 4.06. The highest BCUT2D eigenvalue weighted by atomic mass is 16.6. The summed E-state index contributed by atoms with van der Waals surface area (Å²) >= 11 is 0. The van der Waals surface area contributed by atoms with Crippen LogP contribution in [0.3, 0.4) is 0 Å². The molecule has 2 atom stereocenters. The van der Waals surface area contributed by atoms with Gasteiger partial charge in [0.25, 0.3) is 5.69 Å². The number of nitro benzene ring substituents is 1. The first-order chi connectivity index (χ1) is 10.1. The Morgan fingerprint density at radius 1 is 1.57 bits per heavy atom. The number of ether oxygens (including phenoxy) is 2. The Hall–Kier alpha value is -1.99. The molecule has 2 bridgehead atoms. The van der Waals surface area contributed by atoms with Gasteiger partial charge in [0.2, 0.25) is 0 Å². The van der Waals surface area contributed by atoms with Gasteiger partial charge in [0.05, 0.1) is 24.7 Å². The molecule has 0 amide bonds. The summed E-state index contributed by atoms with van der Waals surface area (Å²) in [6, 6.07) is 5.02. The summed E-state index contributed by atoms with van der Waals surface area (Å²) in [4.78, 5) is 24.4. The first-order valence-electron chi connectivity index (χ1n) is 6.79. The van der Waals surface area contributed by atoms with E-state index in [0.717, 1.165) is 25.1 Å². The van der Waals surface area contributed by atoms with Crippen LogP contribution in [0.5, 0.6) is 0 Å². The first-order valence-corrected chi connectivity index (χ1v) is 6.79. The van der Waals surface area contributed by atoms with Crippen molar-refractivity contribution in [3.63, 3.8) is 0 Å². The van der Waals surface area contributed by atoms with E-state index in [1.165, 1.54) is 13.2 Å². The van der Waals surface area contributed by atoms with E-state index < -0.39 is 10.9 Å². The second-order valence-electron chi connectivity index (χ2n) is 5.37. The SMILES string of the molecule is COC(=O)c1cc(CN2CC3CC2CO3)ccc1[N+](=O)[O-]. The lowest BCUT2D eigenvalue weighted by Crippen LogP contribution is -2.36. The fourth-order valence-electron chi connectivity index (χ4n) is 3.02. The number of rotatable bonds is 4. The fraction of sp³-hybridized carbons (Fsp3) is 0.500. The Bertz CT molecular complexity index is 589. The third kappa shape index (κ3) is 2.62. The molecule has 2 heterocycles. The van der Waals surface area contributed by atoms with E-state index in [4.69, 9.17) is 4.74 Å². The van der Waals surface area contributed by atoms with Gasteiger partial charge in [0, 0.05) is 25.2 Å². The molecule has 0 N–H and O–H groups in total. The van der Waals surface area contributed by atoms with Gasteiger partial charge in [-0.1, -0.05) is 6.07 Å². The normalized spacial score (nSPS) is 24.2. The molecular formula is C14H16N2O5. The Morgan fingerprint density at radius 3 is 2.95 bits per heavy atom. The number of carbonyl (C=O) groups excluding carboxylic acids is 1. The Labute approximate surface area is 121 Å². The second kappa shape index (κ2) is 5.42. The van der Waals surface area contributed by atoms with Crippen molar-refractivity contribution in [2.24, 2.45) is 0 Å². The van der Waals surface area contributed by atoms with Crippen molar-refractivity contribution in [3.8, 4) is 0 Å². The van der Waals surface area contributed by atoms with Gasteiger partial charge in [0.15, 0.2) is 0 Å². The minimum absolute atomic E-state index is 0.000561. The van der Waals surface area contributed by atoms with Crippen molar-refractivity contribution < 1.29 is 19.2 Å². The van der Waals surface area contributed by atoms with E-state index in [2.05, 4.69) is 9.64 Å². The Kier molecular flexibility index (Phi) is 3.60. The summed E-state index contributed by atoms with van der Waals surface area (Å²) in [6.07, 6.45) is 1.34. The van der Waals surface area contributed by atoms with E-state index in [-0.39, 0.29) is 11.3 Å². The van der Waals surface area contributed by atoms with Gasteiger partial charge in [-0.3, -0.25) is 15.0 Å². The molecule has 1 aromatic carbocycles. The average Bonchev–Trinajstić information content (AvgIpc) is 3.08. The highest BCUT2D eigenvalue weighted by Crippen LogP contribution is 2.30. The Balaban J connectivity index is 1.83. The fourth-order valence-corrected chi connectivity index (χ4v) is 3.02. The molecular weight excluding hydrogens is 276 g/mol. The van der Waals surface area contributed by atoms with Crippen LogP contribution < -0.4 is 0 Å². The quantitative estimate of drug-likeness (QED) is 0.473. The zero-order chi connectivity index (χ0) is 15.0. The molecule has 0 aromatic heterocycles. The van der Waals surface area contributed by atoms with Gasteiger partial charge in [-0.2, -0.15) is 0 Å². The lowest BCUT2D eigenvalue weighted by atomic mass is 10.1. The Morgan fingerprint density at radius 2 is 2.38 bits per heavy atom. The van der Waals surface area contributed by atoms with Crippen molar-refractivity contribution >= 4 is 11.7 Å². The molecule has 1 aromatic rings. The van der Waals surface area contributed by atoms with Crippen molar-refractivity contribution in [2.75, 3.05) is 20.3 Å². The lowest BCUT2D eigenvalue weighted by molar-refractivity contribution is -0.385. The standard InChI is InChI=1S/C14H16N2O5/c1-20-14(17)12-4-9(2-3-13(12)16(18)19)6-15-7-11-5-10(15)8-21-11/h2-4,10-11H,5-8H2,1H3. The number of likely N-dealkylation sites (tertiary alicyclic amines) is 1. The summed E-state index contributed by atoms with van der Waals surface area (Å²) in [7, 11) is 1.22. The van der Waals surface area contributed by atoms with Gasteiger partial charge < -0.3 is 9.47 Å². The van der Waals surface area contributed by atoms with Crippen LogP contribution in [0.25, 0.3) is 0 Å². The number of hydrogen-bond donors (Lipinski definition) is 0. The zero-order valence-corrected chi connectivity index (χ0v) is 11.7. The molecule has 21 heavy (non-hydrogen) atoms. The molecule has 0 spiro atoms. The first kappa shape index (κ1) is 14.0. The summed E-state index contributed by atoms with van der Waals surface area (Å²) in [6.45, 7) is 2.27. The number of methoxy groups -OCH3 is 1. The van der Waals surface area contributed by atoms with Crippen LogP contribution in [0.2, 0.25) is 0 Å². The average molecular weight is 292 g/mol. The predicted molar refractivity (Wildman–Crippen MR) is 73.0 cm³/mol. The highest BCUT2D eigenvalue weighted by Gasteiger charge is 2.38. The maximum Gasteiger partial charge on any atom is 0.344 e. The number of nitro groups is 1.